The molecule has 2 N–H and O–H groups in total. The highest BCUT2D eigenvalue weighted by atomic mass is 79.9. The van der Waals surface area contributed by atoms with Crippen LogP contribution in [0.5, 0.6) is 0 Å². The molecule has 22 heavy (non-hydrogen) atoms. The molecule has 0 saturated heterocycles. The van der Waals surface area contributed by atoms with Crippen LogP contribution in [0.1, 0.15) is 0 Å². The van der Waals surface area contributed by atoms with E-state index in [9.17, 15) is 0 Å². The molecule has 0 saturated carbocycles. The molecule has 0 aliphatic rings. The largest absolute Gasteiger partial charge is 0.338 e. The second kappa shape index (κ2) is 6.72. The summed E-state index contributed by atoms with van der Waals surface area (Å²) < 4.78 is 0.939. The van der Waals surface area contributed by atoms with Crippen LogP contribution in [0, 0.1) is 0 Å². The Morgan fingerprint density at radius 1 is 0.909 bits per heavy atom. The molecule has 1 aromatic heterocycles. The fourth-order valence-corrected chi connectivity index (χ4v) is 2.37. The Hall–Kier alpha value is -2.18. The number of benzene rings is 2. The Kier molecular flexibility index (Phi) is 4.50. The van der Waals surface area contributed by atoms with Gasteiger partial charge < -0.3 is 10.6 Å². The van der Waals surface area contributed by atoms with E-state index in [4.69, 9.17) is 11.6 Å². The fourth-order valence-electron chi connectivity index (χ4n) is 1.80. The van der Waals surface area contributed by atoms with Gasteiger partial charge in [0, 0.05) is 4.47 Å². The maximum Gasteiger partial charge on any atom is 0.249 e. The summed E-state index contributed by atoms with van der Waals surface area (Å²) in [6, 6.07) is 15.1. The van der Waals surface area contributed by atoms with Crippen molar-refractivity contribution in [2.75, 3.05) is 10.6 Å². The third-order valence-electron chi connectivity index (χ3n) is 2.82. The van der Waals surface area contributed by atoms with Crippen LogP contribution in [0.2, 0.25) is 5.02 Å². The monoisotopic (exact) mass is 375 g/mol. The van der Waals surface area contributed by atoms with Gasteiger partial charge >= 0.3 is 0 Å². The number of para-hydroxylation sites is 2. The summed E-state index contributed by atoms with van der Waals surface area (Å²) in [4.78, 5) is 4.37. The zero-order valence-corrected chi connectivity index (χ0v) is 13.6. The Morgan fingerprint density at radius 2 is 1.64 bits per heavy atom. The molecule has 2 aromatic carbocycles. The first-order valence-electron chi connectivity index (χ1n) is 6.45. The standard InChI is InChI=1S/C15H11BrClN5/c16-10-5-1-3-7-12(10)19-14-9-18-22-15(21-14)20-13-8-4-2-6-11(13)17/h1-9H,(H2,19,20,21,22). The molecule has 0 radical (unpaired) electrons. The van der Waals surface area contributed by atoms with Gasteiger partial charge in [0.25, 0.3) is 0 Å². The predicted octanol–water partition coefficient (Wildman–Crippen LogP) is 4.77. The Bertz CT molecular complexity index is 733. The van der Waals surface area contributed by atoms with Gasteiger partial charge in [-0.25, -0.2) is 0 Å². The van der Waals surface area contributed by atoms with Gasteiger partial charge in [-0.3, -0.25) is 0 Å². The van der Waals surface area contributed by atoms with E-state index in [1.54, 1.807) is 12.3 Å². The van der Waals surface area contributed by atoms with Crippen LogP contribution < -0.4 is 10.6 Å². The number of hydrogen-bond donors (Lipinski definition) is 2. The van der Waals surface area contributed by atoms with Crippen molar-refractivity contribution in [1.82, 2.24) is 15.2 Å². The topological polar surface area (TPSA) is 62.7 Å². The van der Waals surface area contributed by atoms with Crippen LogP contribution in [-0.4, -0.2) is 15.2 Å². The van der Waals surface area contributed by atoms with Crippen LogP contribution in [0.3, 0.4) is 0 Å². The van der Waals surface area contributed by atoms with Gasteiger partial charge in [-0.15, -0.1) is 5.10 Å². The average Bonchev–Trinajstić information content (AvgIpc) is 2.52. The first-order chi connectivity index (χ1) is 10.7. The van der Waals surface area contributed by atoms with Crippen LogP contribution in [0.15, 0.2) is 59.2 Å². The summed E-state index contributed by atoms with van der Waals surface area (Å²) in [6.45, 7) is 0. The zero-order valence-electron chi connectivity index (χ0n) is 11.3. The molecule has 0 aliphatic carbocycles. The highest BCUT2D eigenvalue weighted by Gasteiger charge is 2.05. The number of hydrogen-bond acceptors (Lipinski definition) is 5. The summed E-state index contributed by atoms with van der Waals surface area (Å²) >= 11 is 9.58. The molecule has 0 amide bonds. The van der Waals surface area contributed by atoms with E-state index in [1.165, 1.54) is 0 Å². The molecule has 0 fully saturated rings. The first-order valence-corrected chi connectivity index (χ1v) is 7.62. The van der Waals surface area contributed by atoms with Crippen LogP contribution >= 0.6 is 27.5 Å². The highest BCUT2D eigenvalue weighted by Crippen LogP contribution is 2.26. The fraction of sp³-hybridized carbons (Fsp3) is 0. The molecule has 110 valence electrons. The minimum Gasteiger partial charge on any atom is -0.338 e. The van der Waals surface area contributed by atoms with Crippen LogP contribution in [-0.2, 0) is 0 Å². The van der Waals surface area contributed by atoms with Gasteiger partial charge in [-0.1, -0.05) is 35.9 Å². The quantitative estimate of drug-likeness (QED) is 0.686. The molecule has 0 aliphatic heterocycles. The predicted molar refractivity (Wildman–Crippen MR) is 92.0 cm³/mol. The van der Waals surface area contributed by atoms with Crippen molar-refractivity contribution in [1.29, 1.82) is 0 Å². The lowest BCUT2D eigenvalue weighted by molar-refractivity contribution is 0.982. The summed E-state index contributed by atoms with van der Waals surface area (Å²) in [7, 11) is 0. The molecule has 1 heterocycles. The summed E-state index contributed by atoms with van der Waals surface area (Å²) in [6.07, 6.45) is 1.55. The number of anilines is 4. The van der Waals surface area contributed by atoms with E-state index in [2.05, 4.69) is 41.7 Å². The Morgan fingerprint density at radius 3 is 2.41 bits per heavy atom. The molecule has 0 atom stereocenters. The second-order valence-corrected chi connectivity index (χ2v) is 5.64. The second-order valence-electron chi connectivity index (χ2n) is 4.37. The van der Waals surface area contributed by atoms with E-state index in [-0.39, 0.29) is 0 Å². The van der Waals surface area contributed by atoms with Gasteiger partial charge in [-0.05, 0) is 40.2 Å². The lowest BCUT2D eigenvalue weighted by Crippen LogP contribution is -2.02. The van der Waals surface area contributed by atoms with Crippen molar-refractivity contribution in [3.8, 4) is 0 Å². The lowest BCUT2D eigenvalue weighted by Gasteiger charge is -2.09. The first kappa shape index (κ1) is 14.7. The maximum atomic E-state index is 6.10. The average molecular weight is 377 g/mol. The van der Waals surface area contributed by atoms with Crippen molar-refractivity contribution in [2.24, 2.45) is 0 Å². The Balaban J connectivity index is 1.81. The third kappa shape index (κ3) is 3.52. The zero-order chi connectivity index (χ0) is 15.4. The molecular weight excluding hydrogens is 366 g/mol. The SMILES string of the molecule is Clc1ccccc1Nc1nncc(Nc2ccccc2Br)n1. The molecule has 5 nitrogen and oxygen atoms in total. The smallest absolute Gasteiger partial charge is 0.249 e. The summed E-state index contributed by atoms with van der Waals surface area (Å²) in [5.41, 5.74) is 1.62. The summed E-state index contributed by atoms with van der Waals surface area (Å²) in [5.74, 6) is 0.946. The maximum absolute atomic E-state index is 6.10. The van der Waals surface area contributed by atoms with Crippen molar-refractivity contribution < 1.29 is 0 Å². The van der Waals surface area contributed by atoms with Gasteiger partial charge in [-0.2, -0.15) is 10.1 Å². The van der Waals surface area contributed by atoms with E-state index in [0.717, 1.165) is 15.8 Å². The minimum absolute atomic E-state index is 0.366. The van der Waals surface area contributed by atoms with Crippen molar-refractivity contribution in [2.45, 2.75) is 0 Å². The van der Waals surface area contributed by atoms with Crippen molar-refractivity contribution >= 4 is 50.7 Å². The number of nitrogens with one attached hydrogen (secondary N) is 2. The van der Waals surface area contributed by atoms with E-state index in [0.29, 0.717) is 16.8 Å². The number of aromatic nitrogens is 3. The highest BCUT2D eigenvalue weighted by molar-refractivity contribution is 9.10. The minimum atomic E-state index is 0.366. The molecule has 3 rings (SSSR count). The van der Waals surface area contributed by atoms with Crippen molar-refractivity contribution in [3.05, 3.63) is 64.2 Å². The molecule has 0 spiro atoms. The number of rotatable bonds is 4. The van der Waals surface area contributed by atoms with E-state index < -0.39 is 0 Å². The number of nitrogens with zero attached hydrogens (tertiary/aromatic N) is 3. The van der Waals surface area contributed by atoms with Gasteiger partial charge in [0.05, 0.1) is 22.6 Å². The molecule has 7 heteroatoms. The normalized spacial score (nSPS) is 10.3. The van der Waals surface area contributed by atoms with Gasteiger partial charge in [0.2, 0.25) is 5.95 Å². The third-order valence-corrected chi connectivity index (χ3v) is 3.84. The summed E-state index contributed by atoms with van der Waals surface area (Å²) in [5, 5.41) is 14.7. The molecular formula is C15H11BrClN5. The molecule has 3 aromatic rings. The van der Waals surface area contributed by atoms with E-state index in [1.807, 2.05) is 42.5 Å². The molecule has 0 bridgehead atoms. The lowest BCUT2D eigenvalue weighted by atomic mass is 10.3. The molecule has 0 unspecified atom stereocenters. The number of halogens is 2. The van der Waals surface area contributed by atoms with Crippen LogP contribution in [0.25, 0.3) is 0 Å². The Labute approximate surface area is 140 Å². The van der Waals surface area contributed by atoms with Gasteiger partial charge in [0.15, 0.2) is 5.82 Å². The van der Waals surface area contributed by atoms with Gasteiger partial charge in [0.1, 0.15) is 0 Å². The van der Waals surface area contributed by atoms with Crippen LogP contribution in [0.4, 0.5) is 23.1 Å². The van der Waals surface area contributed by atoms with Crippen molar-refractivity contribution in [3.63, 3.8) is 0 Å². The van der Waals surface area contributed by atoms with E-state index >= 15 is 0 Å².